The van der Waals surface area contributed by atoms with Crippen molar-refractivity contribution < 1.29 is 4.21 Å². The third kappa shape index (κ3) is 3.52. The van der Waals surface area contributed by atoms with Crippen molar-refractivity contribution in [2.75, 3.05) is 18.0 Å². The van der Waals surface area contributed by atoms with Crippen molar-refractivity contribution in [1.29, 1.82) is 0 Å². The van der Waals surface area contributed by atoms with E-state index in [-0.39, 0.29) is 0 Å². The molecule has 0 aliphatic carbocycles. The largest absolute Gasteiger partial charge is 0.338 e. The number of rotatable bonds is 6. The Morgan fingerprint density at radius 1 is 1.14 bits per heavy atom. The molecule has 4 rings (SSSR count). The molecule has 0 saturated carbocycles. The van der Waals surface area contributed by atoms with Crippen LogP contribution in [0.5, 0.6) is 0 Å². The van der Waals surface area contributed by atoms with Gasteiger partial charge >= 0.3 is 0 Å². The molecule has 1 aromatic carbocycles. The minimum absolute atomic E-state index is 0.667. The molecule has 3 aromatic rings. The molecule has 3 heterocycles. The number of nitrogens with one attached hydrogen (secondary N) is 1. The van der Waals surface area contributed by atoms with E-state index in [4.69, 9.17) is 0 Å². The van der Waals surface area contributed by atoms with Gasteiger partial charge in [-0.15, -0.1) is 11.3 Å². The summed E-state index contributed by atoms with van der Waals surface area (Å²) in [5.41, 5.74) is 5.84. The maximum atomic E-state index is 13.1. The van der Waals surface area contributed by atoms with E-state index in [1.54, 1.807) is 17.5 Å². The van der Waals surface area contributed by atoms with Crippen LogP contribution in [0.4, 0.5) is 11.4 Å². The maximum Gasteiger partial charge on any atom is 0.155 e. The Morgan fingerprint density at radius 2 is 2.00 bits per heavy atom. The zero-order valence-corrected chi connectivity index (χ0v) is 18.1. The van der Waals surface area contributed by atoms with Gasteiger partial charge in [-0.25, -0.2) is 9.19 Å². The summed E-state index contributed by atoms with van der Waals surface area (Å²) >= 11 is 1.81. The number of hydrogen-bond donors (Lipinski definition) is 1. The Kier molecular flexibility index (Phi) is 5.62. The fourth-order valence-electron chi connectivity index (χ4n) is 3.60. The molecule has 1 atom stereocenters. The Balaban J connectivity index is 1.53. The van der Waals surface area contributed by atoms with Gasteiger partial charge in [-0.05, 0) is 80.1 Å². The first-order valence-electron chi connectivity index (χ1n) is 9.56. The number of thiophene rings is 1. The van der Waals surface area contributed by atoms with Crippen LogP contribution in [0.3, 0.4) is 0 Å². The smallest absolute Gasteiger partial charge is 0.155 e. The lowest BCUT2D eigenvalue weighted by molar-refractivity contribution is 0.648. The van der Waals surface area contributed by atoms with Gasteiger partial charge in [-0.1, -0.05) is 6.07 Å². The summed E-state index contributed by atoms with van der Waals surface area (Å²) in [7, 11) is -1.23. The van der Waals surface area contributed by atoms with Crippen molar-refractivity contribution in [2.45, 2.75) is 43.7 Å². The Morgan fingerprint density at radius 3 is 2.79 bits per heavy atom. The molecule has 1 N–H and O–H groups in total. The number of aryl methyl sites for hydroxylation is 2. The molecule has 1 aliphatic rings. The van der Waals surface area contributed by atoms with E-state index < -0.39 is 10.8 Å². The number of aromatic nitrogens is 1. The Bertz CT molecular complexity index is 1030. The van der Waals surface area contributed by atoms with Gasteiger partial charge in [0.25, 0.3) is 0 Å². The second-order valence-corrected chi connectivity index (χ2v) is 9.52. The number of fused-ring (bicyclic) bond motifs is 2. The quantitative estimate of drug-likeness (QED) is 0.588. The lowest BCUT2D eigenvalue weighted by Gasteiger charge is -2.34. The van der Waals surface area contributed by atoms with Crippen LogP contribution in [0.25, 0.3) is 0 Å². The number of benzene rings is 1. The predicted octanol–water partition coefficient (Wildman–Crippen LogP) is 4.87. The molecule has 0 bridgehead atoms. The fourth-order valence-corrected chi connectivity index (χ4v) is 5.84. The highest BCUT2D eigenvalue weighted by Crippen LogP contribution is 2.43. The van der Waals surface area contributed by atoms with Gasteiger partial charge in [-0.3, -0.25) is 0 Å². The van der Waals surface area contributed by atoms with Crippen molar-refractivity contribution >= 4 is 33.5 Å². The number of pyridine rings is 1. The summed E-state index contributed by atoms with van der Waals surface area (Å²) in [5, 5.41) is 6.37. The molecule has 0 saturated heterocycles. The predicted molar refractivity (Wildman–Crippen MR) is 117 cm³/mol. The van der Waals surface area contributed by atoms with Crippen molar-refractivity contribution in [2.24, 2.45) is 0 Å². The molecule has 28 heavy (non-hydrogen) atoms. The molecule has 4 nitrogen and oxygen atoms in total. The van der Waals surface area contributed by atoms with E-state index in [0.717, 1.165) is 42.3 Å². The summed E-state index contributed by atoms with van der Waals surface area (Å²) in [6.45, 7) is 9.11. The summed E-state index contributed by atoms with van der Waals surface area (Å²) in [6.07, 6.45) is 2.73. The highest BCUT2D eigenvalue weighted by atomic mass is 32.2. The molecule has 0 radical (unpaired) electrons. The molecule has 1 unspecified atom stereocenters. The third-order valence-electron chi connectivity index (χ3n) is 5.34. The van der Waals surface area contributed by atoms with Crippen LogP contribution in [0.1, 0.15) is 28.0 Å². The number of hydrogen-bond acceptors (Lipinski definition) is 5. The van der Waals surface area contributed by atoms with E-state index in [1.165, 1.54) is 21.6 Å². The topological polar surface area (TPSA) is 45.2 Å². The van der Waals surface area contributed by atoms with Gasteiger partial charge in [0.15, 0.2) is 5.03 Å². The van der Waals surface area contributed by atoms with E-state index >= 15 is 0 Å². The van der Waals surface area contributed by atoms with Crippen LogP contribution in [0.2, 0.25) is 0 Å². The van der Waals surface area contributed by atoms with Crippen LogP contribution in [0.15, 0.2) is 51.8 Å². The summed E-state index contributed by atoms with van der Waals surface area (Å²) in [6, 6.07) is 10.2. The molecule has 0 amide bonds. The normalized spacial score (nSPS) is 15.4. The Hall–Kier alpha value is -2.02. The van der Waals surface area contributed by atoms with Crippen molar-refractivity contribution in [3.8, 4) is 0 Å². The van der Waals surface area contributed by atoms with Gasteiger partial charge in [0, 0.05) is 24.2 Å². The molecule has 1 aliphatic heterocycles. The summed E-state index contributed by atoms with van der Waals surface area (Å²) in [5.74, 6) is 0. The fraction of sp³-hybridized carbons (Fsp3) is 0.318. The van der Waals surface area contributed by atoms with Crippen molar-refractivity contribution in [1.82, 2.24) is 10.3 Å². The second-order valence-electron chi connectivity index (χ2n) is 7.16. The van der Waals surface area contributed by atoms with E-state index in [2.05, 4.69) is 53.5 Å². The van der Waals surface area contributed by atoms with Gasteiger partial charge in [0.05, 0.1) is 16.3 Å². The van der Waals surface area contributed by atoms with E-state index in [0.29, 0.717) is 5.03 Å². The molecule has 6 heteroatoms. The average molecular weight is 412 g/mol. The number of anilines is 2. The minimum Gasteiger partial charge on any atom is -0.338 e. The molecule has 0 spiro atoms. The molecule has 0 fully saturated rings. The highest BCUT2D eigenvalue weighted by molar-refractivity contribution is 7.85. The van der Waals surface area contributed by atoms with Gasteiger partial charge < -0.3 is 10.2 Å². The highest BCUT2D eigenvalue weighted by Gasteiger charge is 2.30. The standard InChI is InChI=1S/C22H25N3OS2/c1-15-7-8-20-21(17(15)3)25(18-6-4-11-24-22(18)28(20)26)12-5-10-23-14-19-16(2)9-13-27-19/h4,6-9,11,13,23H,5,10,12,14H2,1-3H3. The van der Waals surface area contributed by atoms with Gasteiger partial charge in [0.2, 0.25) is 0 Å². The monoisotopic (exact) mass is 411 g/mol. The summed E-state index contributed by atoms with van der Waals surface area (Å²) < 4.78 is 13.1. The minimum atomic E-state index is -1.23. The van der Waals surface area contributed by atoms with E-state index in [9.17, 15) is 4.21 Å². The third-order valence-corrected chi connectivity index (χ3v) is 7.76. The Labute approximate surface area is 173 Å². The average Bonchev–Trinajstić information content (AvgIpc) is 3.11. The first-order chi connectivity index (χ1) is 13.6. The van der Waals surface area contributed by atoms with Crippen LogP contribution >= 0.6 is 11.3 Å². The zero-order valence-electron chi connectivity index (χ0n) is 16.5. The van der Waals surface area contributed by atoms with Crippen LogP contribution in [-0.2, 0) is 17.3 Å². The van der Waals surface area contributed by atoms with Gasteiger partial charge in [-0.2, -0.15) is 0 Å². The lowest BCUT2D eigenvalue weighted by atomic mass is 10.1. The van der Waals surface area contributed by atoms with Crippen molar-refractivity contribution in [3.05, 3.63) is 63.5 Å². The van der Waals surface area contributed by atoms with Gasteiger partial charge in [0.1, 0.15) is 10.8 Å². The molecular weight excluding hydrogens is 386 g/mol. The number of nitrogens with zero attached hydrogens (tertiary/aromatic N) is 2. The van der Waals surface area contributed by atoms with Crippen LogP contribution in [-0.4, -0.2) is 22.3 Å². The molecular formula is C22H25N3OS2. The second kappa shape index (κ2) is 8.15. The zero-order chi connectivity index (χ0) is 19.7. The van der Waals surface area contributed by atoms with Crippen molar-refractivity contribution in [3.63, 3.8) is 0 Å². The van der Waals surface area contributed by atoms with E-state index in [1.807, 2.05) is 18.2 Å². The molecule has 2 aromatic heterocycles. The SMILES string of the molecule is Cc1ccsc1CNCCCN1c2cccnc2S(=O)c2ccc(C)c(C)c21. The maximum absolute atomic E-state index is 13.1. The lowest BCUT2D eigenvalue weighted by Crippen LogP contribution is -2.29. The first kappa shape index (κ1) is 19.3. The molecule has 146 valence electrons. The summed E-state index contributed by atoms with van der Waals surface area (Å²) in [4.78, 5) is 9.01. The van der Waals surface area contributed by atoms with Crippen LogP contribution < -0.4 is 10.2 Å². The van der Waals surface area contributed by atoms with Crippen LogP contribution in [0, 0.1) is 20.8 Å². The first-order valence-corrected chi connectivity index (χ1v) is 11.6.